The second-order valence-corrected chi connectivity index (χ2v) is 10.6. The van der Waals surface area contributed by atoms with Gasteiger partial charge in [-0.15, -0.1) is 0 Å². The van der Waals surface area contributed by atoms with E-state index < -0.39 is 39.1 Å². The second kappa shape index (κ2) is 8.84. The second-order valence-electron chi connectivity index (χ2n) is 8.07. The van der Waals surface area contributed by atoms with Crippen molar-refractivity contribution in [1.29, 1.82) is 0 Å². The van der Waals surface area contributed by atoms with Crippen LogP contribution in [0.15, 0.2) is 34.2 Å². The molecule has 0 aliphatic heterocycles. The monoisotopic (exact) mass is 457 g/mol. The van der Waals surface area contributed by atoms with Crippen molar-refractivity contribution in [3.05, 3.63) is 29.8 Å². The summed E-state index contributed by atoms with van der Waals surface area (Å²) < 4.78 is 32.6. The summed E-state index contributed by atoms with van der Waals surface area (Å²) >= 11 is 1.09. The zero-order valence-corrected chi connectivity index (χ0v) is 19.2. The van der Waals surface area contributed by atoms with Crippen molar-refractivity contribution in [2.75, 3.05) is 12.8 Å². The molecule has 0 bridgehead atoms. The third-order valence-corrected chi connectivity index (χ3v) is 6.51. The van der Waals surface area contributed by atoms with Gasteiger partial charge in [0, 0.05) is 12.5 Å². The third-order valence-electron chi connectivity index (χ3n) is 4.41. The Balaban J connectivity index is 2.06. The topological polar surface area (TPSA) is 134 Å². The van der Waals surface area contributed by atoms with Crippen LogP contribution in [0.4, 0.5) is 4.79 Å². The number of ether oxygens (including phenoxy) is 1. The number of sulfonamides is 1. The maximum atomic E-state index is 12.5. The van der Waals surface area contributed by atoms with Crippen molar-refractivity contribution >= 4 is 39.0 Å². The molecule has 9 nitrogen and oxygen atoms in total. The maximum absolute atomic E-state index is 12.5. The molecule has 1 aromatic carbocycles. The van der Waals surface area contributed by atoms with E-state index in [1.54, 1.807) is 39.2 Å². The van der Waals surface area contributed by atoms with Gasteiger partial charge in [0.05, 0.1) is 4.90 Å². The SMILES string of the molecule is CSC(=NC[C@@H]1C[C@]1(NC(=O)OC(C)(C)C)C(=O)O)NS(=O)(=O)c1ccc(C)cc1. The van der Waals surface area contributed by atoms with Crippen molar-refractivity contribution < 1.29 is 27.9 Å². The molecule has 1 aliphatic carbocycles. The Kier molecular flexibility index (Phi) is 7.08. The molecule has 0 unspecified atom stereocenters. The van der Waals surface area contributed by atoms with E-state index in [1.807, 2.05) is 6.92 Å². The van der Waals surface area contributed by atoms with Crippen molar-refractivity contribution in [3.8, 4) is 0 Å². The van der Waals surface area contributed by atoms with Crippen LogP contribution in [0.1, 0.15) is 32.8 Å². The molecule has 0 spiro atoms. The molecular formula is C19H27N3O6S2. The zero-order chi connectivity index (χ0) is 22.7. The number of carboxylic acid groups (broad SMARTS) is 1. The summed E-state index contributed by atoms with van der Waals surface area (Å²) in [6.07, 6.45) is 1.02. The number of aliphatic carboxylic acids is 1. The van der Waals surface area contributed by atoms with Crippen LogP contribution in [-0.4, -0.2) is 54.7 Å². The predicted octanol–water partition coefficient (Wildman–Crippen LogP) is 2.36. The number of nitrogens with one attached hydrogen (secondary N) is 2. The van der Waals surface area contributed by atoms with Crippen molar-refractivity contribution in [2.45, 2.75) is 50.2 Å². The van der Waals surface area contributed by atoms with Crippen LogP contribution in [0.25, 0.3) is 0 Å². The van der Waals surface area contributed by atoms with Gasteiger partial charge in [-0.25, -0.2) is 18.0 Å². The Morgan fingerprint density at radius 2 is 1.90 bits per heavy atom. The smallest absolute Gasteiger partial charge is 0.408 e. The fraction of sp³-hybridized carbons (Fsp3) is 0.526. The van der Waals surface area contributed by atoms with Crippen molar-refractivity contribution in [3.63, 3.8) is 0 Å². The number of alkyl carbamates (subject to hydrolysis) is 1. The highest BCUT2D eigenvalue weighted by Crippen LogP contribution is 2.44. The summed E-state index contributed by atoms with van der Waals surface area (Å²) in [5, 5.41) is 12.1. The van der Waals surface area contributed by atoms with Gasteiger partial charge in [-0.1, -0.05) is 29.5 Å². The van der Waals surface area contributed by atoms with Gasteiger partial charge in [-0.2, -0.15) is 0 Å². The number of aliphatic imine (C=N–C) groups is 1. The first kappa shape index (κ1) is 24.0. The van der Waals surface area contributed by atoms with E-state index in [0.717, 1.165) is 17.3 Å². The Hall–Kier alpha value is -2.27. The molecule has 2 atom stereocenters. The van der Waals surface area contributed by atoms with Crippen LogP contribution >= 0.6 is 11.8 Å². The molecule has 3 N–H and O–H groups in total. The fourth-order valence-corrected chi connectivity index (χ4v) is 4.50. The van der Waals surface area contributed by atoms with Crippen LogP contribution in [0, 0.1) is 12.8 Å². The number of thioether (sulfide) groups is 1. The van der Waals surface area contributed by atoms with E-state index in [0.29, 0.717) is 0 Å². The number of carboxylic acids is 1. The van der Waals surface area contributed by atoms with Crippen LogP contribution < -0.4 is 10.0 Å². The first-order valence-corrected chi connectivity index (χ1v) is 11.9. The molecule has 30 heavy (non-hydrogen) atoms. The predicted molar refractivity (Wildman–Crippen MR) is 115 cm³/mol. The molecule has 2 rings (SSSR count). The Bertz CT molecular complexity index is 938. The fourth-order valence-electron chi connectivity index (χ4n) is 2.73. The minimum Gasteiger partial charge on any atom is -0.479 e. The summed E-state index contributed by atoms with van der Waals surface area (Å²) in [6.45, 7) is 6.93. The molecule has 1 aliphatic rings. The molecule has 0 heterocycles. The highest BCUT2D eigenvalue weighted by molar-refractivity contribution is 8.14. The van der Waals surface area contributed by atoms with Crippen LogP contribution in [0.5, 0.6) is 0 Å². The van der Waals surface area contributed by atoms with Gasteiger partial charge in [-0.05, 0) is 52.5 Å². The molecule has 0 aromatic heterocycles. The van der Waals surface area contributed by atoms with Crippen molar-refractivity contribution in [2.24, 2.45) is 10.9 Å². The molecule has 0 radical (unpaired) electrons. The number of hydrogen-bond acceptors (Lipinski definition) is 7. The van der Waals surface area contributed by atoms with Crippen molar-refractivity contribution in [1.82, 2.24) is 10.0 Å². The molecule has 1 fully saturated rings. The Labute approximate surface area is 180 Å². The first-order chi connectivity index (χ1) is 13.8. The quantitative estimate of drug-likeness (QED) is 0.441. The van der Waals surface area contributed by atoms with Crippen LogP contribution in [0.3, 0.4) is 0 Å². The number of amidine groups is 1. The van der Waals surface area contributed by atoms with E-state index in [1.165, 1.54) is 12.1 Å². The summed E-state index contributed by atoms with van der Waals surface area (Å²) in [4.78, 5) is 28.0. The highest BCUT2D eigenvalue weighted by Gasteiger charge is 2.62. The van der Waals surface area contributed by atoms with E-state index in [2.05, 4.69) is 15.0 Å². The zero-order valence-electron chi connectivity index (χ0n) is 17.6. The van der Waals surface area contributed by atoms with Gasteiger partial charge in [0.15, 0.2) is 5.17 Å². The van der Waals surface area contributed by atoms with Gasteiger partial charge >= 0.3 is 12.1 Å². The lowest BCUT2D eigenvalue weighted by molar-refractivity contribution is -0.141. The normalized spacial score (nSPS) is 21.6. The average Bonchev–Trinajstić information content (AvgIpc) is 3.31. The van der Waals surface area contributed by atoms with Gasteiger partial charge in [-0.3, -0.25) is 9.71 Å². The average molecular weight is 458 g/mol. The molecule has 1 saturated carbocycles. The number of amides is 1. The van der Waals surface area contributed by atoms with Crippen LogP contribution in [0.2, 0.25) is 0 Å². The minimum absolute atomic E-state index is 0.0364. The number of hydrogen-bond donors (Lipinski definition) is 3. The maximum Gasteiger partial charge on any atom is 0.408 e. The minimum atomic E-state index is -3.81. The molecule has 166 valence electrons. The van der Waals surface area contributed by atoms with Gasteiger partial charge in [0.25, 0.3) is 10.0 Å². The summed E-state index contributed by atoms with van der Waals surface area (Å²) in [5.41, 5.74) is -1.29. The lowest BCUT2D eigenvalue weighted by Crippen LogP contribution is -2.47. The number of carbonyl (C=O) groups excluding carboxylic acids is 1. The Morgan fingerprint density at radius 3 is 2.40 bits per heavy atom. The largest absolute Gasteiger partial charge is 0.479 e. The van der Waals surface area contributed by atoms with E-state index >= 15 is 0 Å². The van der Waals surface area contributed by atoms with Gasteiger partial charge in [0.1, 0.15) is 11.1 Å². The van der Waals surface area contributed by atoms with Gasteiger partial charge in [0.2, 0.25) is 0 Å². The molecule has 1 amide bonds. The standard InChI is InChI=1S/C19H27N3O6S2/c1-12-6-8-14(9-7-12)30(26,27)22-16(29-5)20-11-13-10-19(13,15(23)24)21-17(25)28-18(2,3)4/h6-9,13H,10-11H2,1-5H3,(H,20,22)(H,21,25)(H,23,24)/t13-,19+/m0/s1. The van der Waals surface area contributed by atoms with Gasteiger partial charge < -0.3 is 15.2 Å². The number of nitrogens with zero attached hydrogens (tertiary/aromatic N) is 1. The number of rotatable bonds is 6. The lowest BCUT2D eigenvalue weighted by Gasteiger charge is -2.22. The highest BCUT2D eigenvalue weighted by atomic mass is 32.2. The summed E-state index contributed by atoms with van der Waals surface area (Å²) in [7, 11) is -3.81. The first-order valence-electron chi connectivity index (χ1n) is 9.21. The number of carbonyl (C=O) groups is 2. The summed E-state index contributed by atoms with van der Waals surface area (Å²) in [5.74, 6) is -1.66. The van der Waals surface area contributed by atoms with E-state index in [-0.39, 0.29) is 23.0 Å². The van der Waals surface area contributed by atoms with E-state index in [4.69, 9.17) is 4.74 Å². The lowest BCUT2D eigenvalue weighted by atomic mass is 10.2. The van der Waals surface area contributed by atoms with E-state index in [9.17, 15) is 23.1 Å². The number of benzene rings is 1. The molecule has 1 aromatic rings. The third kappa shape index (κ3) is 6.11. The molecule has 0 saturated heterocycles. The summed E-state index contributed by atoms with van der Waals surface area (Å²) in [6, 6.07) is 6.38. The molecule has 11 heteroatoms. The molecular weight excluding hydrogens is 430 g/mol. The van der Waals surface area contributed by atoms with Crippen LogP contribution in [-0.2, 0) is 19.6 Å². The number of aryl methyl sites for hydroxylation is 1. The Morgan fingerprint density at radius 1 is 1.30 bits per heavy atom.